The van der Waals surface area contributed by atoms with E-state index in [1.165, 1.54) is 17.6 Å². The number of rotatable bonds is 2. The van der Waals surface area contributed by atoms with Crippen molar-refractivity contribution >= 4 is 9.64 Å². The normalized spacial score (nSPS) is 9.41. The molecule has 0 aromatic carbocycles. The molecule has 5 heterocycles. The summed E-state index contributed by atoms with van der Waals surface area (Å²) in [5.74, 6) is 1.80. The molecular weight excluding hydrogens is 602 g/mol. The van der Waals surface area contributed by atoms with Crippen molar-refractivity contribution in [2.45, 2.75) is 0 Å². The standard InChI is InChI=1S/2C9H9N3.C4H6N2.ClH.Os/c2*1-12-7-6-11-9(12)8-4-2-3-5-10-8;1-6-3-2-5-4-6;;/h2*2-7H,1H3;2-4H,1H3;1H;/q;;;;+1/p-1. The summed E-state index contributed by atoms with van der Waals surface area (Å²) < 4.78 is 5.78. The van der Waals surface area contributed by atoms with Gasteiger partial charge in [-0.25, -0.2) is 15.0 Å². The second-order valence-electron chi connectivity index (χ2n) is 6.38. The van der Waals surface area contributed by atoms with Crippen molar-refractivity contribution in [1.82, 2.24) is 38.6 Å². The van der Waals surface area contributed by atoms with Gasteiger partial charge in [0, 0.05) is 70.7 Å². The van der Waals surface area contributed by atoms with Crippen molar-refractivity contribution in [3.05, 3.63) is 92.3 Å². The van der Waals surface area contributed by atoms with Gasteiger partial charge in [0.15, 0.2) is 11.6 Å². The van der Waals surface area contributed by atoms with Gasteiger partial charge in [-0.3, -0.25) is 9.97 Å². The first-order valence-corrected chi connectivity index (χ1v) is 12.6. The third-order valence-electron chi connectivity index (χ3n) is 4.07. The second-order valence-corrected chi connectivity index (χ2v) is 6.38. The molecule has 0 amide bonds. The third-order valence-corrected chi connectivity index (χ3v) is 4.07. The minimum absolute atomic E-state index is 0.899. The topological polar surface area (TPSA) is 79.2 Å². The molecule has 0 aliphatic rings. The van der Waals surface area contributed by atoms with Crippen LogP contribution in [0.15, 0.2) is 92.3 Å². The Hall–Kier alpha value is -3.14. The van der Waals surface area contributed by atoms with Gasteiger partial charge in [-0.2, -0.15) is 0 Å². The van der Waals surface area contributed by atoms with Gasteiger partial charge < -0.3 is 13.7 Å². The molecule has 5 aromatic rings. The van der Waals surface area contributed by atoms with E-state index in [9.17, 15) is 0 Å². The third kappa shape index (κ3) is 7.84. The Morgan fingerprint density at radius 1 is 0.625 bits per heavy atom. The van der Waals surface area contributed by atoms with Gasteiger partial charge in [0.25, 0.3) is 0 Å². The second kappa shape index (κ2) is 14.0. The number of hydrogen-bond acceptors (Lipinski definition) is 5. The van der Waals surface area contributed by atoms with Crippen molar-refractivity contribution < 1.29 is 17.6 Å². The van der Waals surface area contributed by atoms with Crippen molar-refractivity contribution in [3.63, 3.8) is 0 Å². The van der Waals surface area contributed by atoms with Gasteiger partial charge in [0.2, 0.25) is 0 Å². The van der Waals surface area contributed by atoms with E-state index in [0.717, 1.165) is 23.0 Å². The fourth-order valence-electron chi connectivity index (χ4n) is 2.54. The molecule has 5 rings (SSSR count). The summed E-state index contributed by atoms with van der Waals surface area (Å²) in [6.45, 7) is 0. The molecule has 0 saturated carbocycles. The number of hydrogen-bond donors (Lipinski definition) is 0. The van der Waals surface area contributed by atoms with E-state index in [2.05, 4.69) is 34.6 Å². The zero-order chi connectivity index (χ0) is 23.2. The number of halogens is 1. The van der Waals surface area contributed by atoms with Crippen LogP contribution in [0.4, 0.5) is 0 Å². The predicted molar refractivity (Wildman–Crippen MR) is 122 cm³/mol. The van der Waals surface area contributed by atoms with Crippen LogP contribution in [0, 0.1) is 0 Å². The molecule has 5 aromatic heterocycles. The van der Waals surface area contributed by atoms with Crippen LogP contribution < -0.4 is 0 Å². The first-order chi connectivity index (χ1) is 15.6. The Balaban J connectivity index is 0.000000172. The molecule has 10 heteroatoms. The van der Waals surface area contributed by atoms with Gasteiger partial charge in [0.05, 0.1) is 6.33 Å². The van der Waals surface area contributed by atoms with Crippen LogP contribution in [0.25, 0.3) is 23.0 Å². The SMILES string of the molecule is Cn1ccnc1.Cn1ccnc1-c1ccccn1.Cn1ccnc1-c1ccccn1.[Cl][Os]. The van der Waals surface area contributed by atoms with E-state index in [1.54, 1.807) is 37.3 Å². The van der Waals surface area contributed by atoms with E-state index in [0.29, 0.717) is 0 Å². The van der Waals surface area contributed by atoms with Crippen LogP contribution in [0.5, 0.6) is 0 Å². The molecule has 0 atom stereocenters. The zero-order valence-electron chi connectivity index (χ0n) is 18.0. The molecule has 0 N–H and O–H groups in total. The van der Waals surface area contributed by atoms with Crippen LogP contribution in [0.1, 0.15) is 0 Å². The van der Waals surface area contributed by atoms with Gasteiger partial charge in [-0.1, -0.05) is 12.1 Å². The van der Waals surface area contributed by atoms with Crippen molar-refractivity contribution in [1.29, 1.82) is 0 Å². The summed E-state index contributed by atoms with van der Waals surface area (Å²) >= 11 is 1.33. The summed E-state index contributed by atoms with van der Waals surface area (Å²) in [6, 6.07) is 11.6. The quantitative estimate of drug-likeness (QED) is 0.296. The summed E-state index contributed by atoms with van der Waals surface area (Å²) in [5, 5.41) is 0. The summed E-state index contributed by atoms with van der Waals surface area (Å²) in [7, 11) is 10.5. The number of imidazole rings is 3. The summed E-state index contributed by atoms with van der Waals surface area (Å²) in [5.41, 5.74) is 1.81. The molecule has 0 saturated heterocycles. The first kappa shape index (κ1) is 25.1. The Kier molecular flexibility index (Phi) is 11.0. The van der Waals surface area contributed by atoms with Gasteiger partial charge in [0.1, 0.15) is 11.4 Å². The van der Waals surface area contributed by atoms with E-state index < -0.39 is 0 Å². The molecule has 0 aliphatic carbocycles. The minimum atomic E-state index is 0.899. The van der Waals surface area contributed by atoms with Crippen molar-refractivity contribution in [2.24, 2.45) is 21.1 Å². The van der Waals surface area contributed by atoms with E-state index in [-0.39, 0.29) is 0 Å². The van der Waals surface area contributed by atoms with Crippen LogP contribution in [0.3, 0.4) is 0 Å². The molecule has 167 valence electrons. The van der Waals surface area contributed by atoms with Crippen LogP contribution >= 0.6 is 9.64 Å². The molecule has 0 unspecified atom stereocenters. The number of aromatic nitrogens is 8. The van der Waals surface area contributed by atoms with Crippen LogP contribution in [0.2, 0.25) is 0 Å². The van der Waals surface area contributed by atoms with E-state index in [4.69, 9.17) is 0 Å². The molecule has 0 bridgehead atoms. The van der Waals surface area contributed by atoms with E-state index in [1.807, 2.05) is 89.8 Å². The molecule has 0 fully saturated rings. The fourth-order valence-corrected chi connectivity index (χ4v) is 2.54. The monoisotopic (exact) mass is 627 g/mol. The zero-order valence-corrected chi connectivity index (χ0v) is 21.3. The van der Waals surface area contributed by atoms with Crippen molar-refractivity contribution in [2.75, 3.05) is 0 Å². The predicted octanol–water partition coefficient (Wildman–Crippen LogP) is 4.07. The average molecular weight is 626 g/mol. The van der Waals surface area contributed by atoms with Gasteiger partial charge in [-0.15, -0.1) is 0 Å². The fraction of sp³-hybridized carbons (Fsp3) is 0.136. The molecule has 0 spiro atoms. The Morgan fingerprint density at radius 3 is 1.38 bits per heavy atom. The summed E-state index contributed by atoms with van der Waals surface area (Å²) in [6.07, 6.45) is 16.3. The number of nitrogens with zero attached hydrogens (tertiary/aromatic N) is 8. The maximum atomic E-state index is 4.67. The van der Waals surface area contributed by atoms with Crippen LogP contribution in [-0.4, -0.2) is 38.6 Å². The molecule has 8 nitrogen and oxygen atoms in total. The molecular formula is C22H24ClN8Os. The maximum absolute atomic E-state index is 4.67. The number of aryl methyl sites for hydroxylation is 3. The summed E-state index contributed by atoms with van der Waals surface area (Å²) in [4.78, 5) is 20.6. The molecule has 32 heavy (non-hydrogen) atoms. The van der Waals surface area contributed by atoms with Crippen LogP contribution in [-0.2, 0) is 38.7 Å². The van der Waals surface area contributed by atoms with E-state index >= 15 is 0 Å². The molecule has 0 aliphatic heterocycles. The Labute approximate surface area is 201 Å². The number of pyridine rings is 2. The Bertz CT molecular complexity index is 1050. The molecule has 0 radical (unpaired) electrons. The van der Waals surface area contributed by atoms with Gasteiger partial charge >= 0.3 is 27.2 Å². The van der Waals surface area contributed by atoms with Crippen molar-refractivity contribution in [3.8, 4) is 23.0 Å². The first-order valence-electron chi connectivity index (χ1n) is 9.48. The van der Waals surface area contributed by atoms with Gasteiger partial charge in [-0.05, 0) is 24.3 Å². The average Bonchev–Trinajstić information content (AvgIpc) is 3.60. The Morgan fingerprint density at radius 2 is 1.12 bits per heavy atom.